The molecule has 0 radical (unpaired) electrons. The normalized spacial score (nSPS) is 11.4. The summed E-state index contributed by atoms with van der Waals surface area (Å²) in [6.07, 6.45) is 1.76. The van der Waals surface area contributed by atoms with Crippen LogP contribution in [0.5, 0.6) is 0 Å². The first kappa shape index (κ1) is 19.8. The number of hydrazone groups is 1. The predicted molar refractivity (Wildman–Crippen MR) is 113 cm³/mol. The van der Waals surface area contributed by atoms with E-state index >= 15 is 0 Å². The lowest BCUT2D eigenvalue weighted by Crippen LogP contribution is -2.22. The second kappa shape index (κ2) is 9.85. The Balaban J connectivity index is 1.61. The highest BCUT2D eigenvalue weighted by molar-refractivity contribution is 7.99. The molecule has 1 N–H and O–H groups in total. The number of amides is 1. The molecular formula is C21H23N5OS. The van der Waals surface area contributed by atoms with Crippen molar-refractivity contribution in [3.8, 4) is 11.4 Å². The Morgan fingerprint density at radius 1 is 1.07 bits per heavy atom. The Morgan fingerprint density at radius 3 is 2.43 bits per heavy atom. The van der Waals surface area contributed by atoms with Crippen LogP contribution in [0.15, 0.2) is 70.9 Å². The van der Waals surface area contributed by atoms with Crippen LogP contribution in [0, 0.1) is 0 Å². The molecule has 0 spiro atoms. The first-order chi connectivity index (χ1) is 13.7. The van der Waals surface area contributed by atoms with Gasteiger partial charge in [-0.1, -0.05) is 85.8 Å². The Morgan fingerprint density at radius 2 is 1.75 bits per heavy atom. The molecule has 1 heterocycles. The van der Waals surface area contributed by atoms with E-state index in [1.54, 1.807) is 0 Å². The summed E-state index contributed by atoms with van der Waals surface area (Å²) in [5.74, 6) is 0.827. The summed E-state index contributed by atoms with van der Waals surface area (Å²) in [6, 6.07) is 19.8. The molecule has 7 heteroatoms. The number of thioether (sulfide) groups is 1. The number of nitrogens with zero attached hydrogens (tertiary/aromatic N) is 4. The number of hydrogen-bond donors (Lipinski definition) is 1. The van der Waals surface area contributed by atoms with Crippen molar-refractivity contribution < 1.29 is 4.79 Å². The Hall–Kier alpha value is -2.93. The van der Waals surface area contributed by atoms with Crippen LogP contribution in [0.25, 0.3) is 11.4 Å². The summed E-state index contributed by atoms with van der Waals surface area (Å²) in [7, 11) is 1.90. The molecule has 1 amide bonds. The number of benzene rings is 2. The minimum Gasteiger partial charge on any atom is -0.305 e. The third kappa shape index (κ3) is 5.07. The smallest absolute Gasteiger partial charge is 0.250 e. The fourth-order valence-corrected chi connectivity index (χ4v) is 3.41. The molecule has 0 unspecified atom stereocenters. The van der Waals surface area contributed by atoms with Crippen molar-refractivity contribution in [1.29, 1.82) is 0 Å². The fourth-order valence-electron chi connectivity index (χ4n) is 2.70. The summed E-state index contributed by atoms with van der Waals surface area (Å²) in [6.45, 7) is 2.09. The molecule has 3 aromatic rings. The van der Waals surface area contributed by atoms with Gasteiger partial charge in [0.15, 0.2) is 11.0 Å². The van der Waals surface area contributed by atoms with Crippen LogP contribution in [0.2, 0.25) is 0 Å². The quantitative estimate of drug-likeness (QED) is 0.358. The zero-order valence-electron chi connectivity index (χ0n) is 16.0. The first-order valence-corrected chi connectivity index (χ1v) is 10.2. The van der Waals surface area contributed by atoms with Crippen LogP contribution in [0.3, 0.4) is 0 Å². The molecule has 0 saturated heterocycles. The van der Waals surface area contributed by atoms with Gasteiger partial charge in [-0.3, -0.25) is 4.79 Å². The highest BCUT2D eigenvalue weighted by atomic mass is 32.2. The van der Waals surface area contributed by atoms with Gasteiger partial charge in [-0.05, 0) is 12.0 Å². The molecule has 28 heavy (non-hydrogen) atoms. The van der Waals surface area contributed by atoms with Crippen LogP contribution in [0.4, 0.5) is 0 Å². The second-order valence-corrected chi connectivity index (χ2v) is 7.17. The number of rotatable bonds is 8. The van der Waals surface area contributed by atoms with Crippen molar-refractivity contribution in [3.05, 3.63) is 66.2 Å². The molecule has 0 bridgehead atoms. The molecule has 6 nitrogen and oxygen atoms in total. The Kier molecular flexibility index (Phi) is 6.97. The third-order valence-electron chi connectivity index (χ3n) is 4.11. The minimum absolute atomic E-state index is 0.168. The maximum Gasteiger partial charge on any atom is 0.250 e. The van der Waals surface area contributed by atoms with Gasteiger partial charge in [-0.25, -0.2) is 5.43 Å². The number of aromatic nitrogens is 3. The van der Waals surface area contributed by atoms with Gasteiger partial charge in [0.25, 0.3) is 5.91 Å². The van der Waals surface area contributed by atoms with Crippen molar-refractivity contribution in [1.82, 2.24) is 20.2 Å². The van der Waals surface area contributed by atoms with E-state index in [1.165, 1.54) is 11.8 Å². The van der Waals surface area contributed by atoms with Gasteiger partial charge in [-0.2, -0.15) is 5.10 Å². The average molecular weight is 394 g/mol. The summed E-state index contributed by atoms with van der Waals surface area (Å²) in [5.41, 5.74) is 5.56. The third-order valence-corrected chi connectivity index (χ3v) is 5.13. The Labute approximate surface area is 169 Å². The summed E-state index contributed by atoms with van der Waals surface area (Å²) >= 11 is 1.34. The lowest BCUT2D eigenvalue weighted by molar-refractivity contribution is -0.118. The van der Waals surface area contributed by atoms with Crippen molar-refractivity contribution in [3.63, 3.8) is 0 Å². The number of nitrogens with one attached hydrogen (secondary N) is 1. The second-order valence-electron chi connectivity index (χ2n) is 6.23. The maximum absolute atomic E-state index is 12.2. The van der Waals surface area contributed by atoms with Crippen LogP contribution in [0.1, 0.15) is 25.3 Å². The van der Waals surface area contributed by atoms with Crippen molar-refractivity contribution in [2.45, 2.75) is 24.9 Å². The van der Waals surface area contributed by atoms with E-state index in [1.807, 2.05) is 72.3 Å². The minimum atomic E-state index is -0.168. The van der Waals surface area contributed by atoms with E-state index in [9.17, 15) is 4.79 Å². The lowest BCUT2D eigenvalue weighted by atomic mass is 10.1. The first-order valence-electron chi connectivity index (χ1n) is 9.17. The zero-order valence-corrected chi connectivity index (χ0v) is 16.8. The number of carbonyl (C=O) groups is 1. The SMILES string of the molecule is CCC/C(=N\NC(=O)CSc1nnc(-c2ccccc2)n1C)c1ccccc1. The van der Waals surface area contributed by atoms with Gasteiger partial charge < -0.3 is 4.57 Å². The topological polar surface area (TPSA) is 72.2 Å². The van der Waals surface area contributed by atoms with E-state index in [4.69, 9.17) is 0 Å². The summed E-state index contributed by atoms with van der Waals surface area (Å²) < 4.78 is 1.89. The summed E-state index contributed by atoms with van der Waals surface area (Å²) in [5, 5.41) is 13.5. The number of hydrogen-bond acceptors (Lipinski definition) is 5. The van der Waals surface area contributed by atoms with E-state index < -0.39 is 0 Å². The van der Waals surface area contributed by atoms with Gasteiger partial charge in [0.05, 0.1) is 11.5 Å². The monoisotopic (exact) mass is 393 g/mol. The van der Waals surface area contributed by atoms with E-state index in [0.717, 1.165) is 35.5 Å². The molecule has 0 aliphatic heterocycles. The molecule has 0 atom stereocenters. The molecule has 3 rings (SSSR count). The largest absolute Gasteiger partial charge is 0.305 e. The van der Waals surface area contributed by atoms with Gasteiger partial charge >= 0.3 is 0 Å². The van der Waals surface area contributed by atoms with Crippen LogP contribution in [-0.4, -0.2) is 32.1 Å². The van der Waals surface area contributed by atoms with Crippen LogP contribution < -0.4 is 5.43 Å². The lowest BCUT2D eigenvalue weighted by Gasteiger charge is -2.06. The fraction of sp³-hybridized carbons (Fsp3) is 0.238. The van der Waals surface area contributed by atoms with Gasteiger partial charge in [0.2, 0.25) is 0 Å². The van der Waals surface area contributed by atoms with E-state index in [-0.39, 0.29) is 11.7 Å². The molecule has 1 aromatic heterocycles. The predicted octanol–water partition coefficient (Wildman–Crippen LogP) is 3.89. The molecule has 144 valence electrons. The van der Waals surface area contributed by atoms with E-state index in [0.29, 0.717) is 5.16 Å². The molecule has 2 aromatic carbocycles. The van der Waals surface area contributed by atoms with Gasteiger partial charge in [-0.15, -0.1) is 10.2 Å². The average Bonchev–Trinajstić information content (AvgIpc) is 3.11. The molecule has 0 aliphatic rings. The summed E-state index contributed by atoms with van der Waals surface area (Å²) in [4.78, 5) is 12.2. The van der Waals surface area contributed by atoms with Crippen molar-refractivity contribution in [2.24, 2.45) is 12.1 Å². The molecule has 0 aliphatic carbocycles. The van der Waals surface area contributed by atoms with Crippen LogP contribution in [-0.2, 0) is 11.8 Å². The molecular weight excluding hydrogens is 370 g/mol. The maximum atomic E-state index is 12.2. The van der Waals surface area contributed by atoms with Crippen LogP contribution >= 0.6 is 11.8 Å². The van der Waals surface area contributed by atoms with Crippen molar-refractivity contribution >= 4 is 23.4 Å². The van der Waals surface area contributed by atoms with Gasteiger partial charge in [0, 0.05) is 12.6 Å². The van der Waals surface area contributed by atoms with Crippen molar-refractivity contribution in [2.75, 3.05) is 5.75 Å². The Bertz CT molecular complexity index is 938. The van der Waals surface area contributed by atoms with E-state index in [2.05, 4.69) is 27.6 Å². The zero-order chi connectivity index (χ0) is 19.8. The molecule has 0 fully saturated rings. The highest BCUT2D eigenvalue weighted by Gasteiger charge is 2.12. The van der Waals surface area contributed by atoms with Gasteiger partial charge in [0.1, 0.15) is 0 Å². The number of carbonyl (C=O) groups excluding carboxylic acids is 1. The standard InChI is InChI=1S/C21H23N5OS/c1-3-10-18(16-11-6-4-7-12-16)22-23-19(27)15-28-21-25-24-20(26(21)2)17-13-8-5-9-14-17/h4-9,11-14H,3,10,15H2,1-2H3,(H,23,27)/b22-18+. The highest BCUT2D eigenvalue weighted by Crippen LogP contribution is 2.22. The molecule has 0 saturated carbocycles.